The number of fused-ring (bicyclic) bond motifs is 1. The van der Waals surface area contributed by atoms with E-state index in [2.05, 4.69) is 31.4 Å². The van der Waals surface area contributed by atoms with Crippen LogP contribution in [0.1, 0.15) is 32.8 Å². The molecular formula is C19H28FN3O. The van der Waals surface area contributed by atoms with Gasteiger partial charge < -0.3 is 15.4 Å². The fourth-order valence-corrected chi connectivity index (χ4v) is 4.03. The number of rotatable bonds is 5. The molecule has 5 heteroatoms. The van der Waals surface area contributed by atoms with E-state index < -0.39 is 0 Å². The van der Waals surface area contributed by atoms with Crippen molar-refractivity contribution in [3.05, 3.63) is 35.6 Å². The van der Waals surface area contributed by atoms with Gasteiger partial charge in [0.2, 0.25) is 0 Å². The van der Waals surface area contributed by atoms with Crippen LogP contribution in [0.4, 0.5) is 4.39 Å². The maximum absolute atomic E-state index is 12.9. The van der Waals surface area contributed by atoms with Gasteiger partial charge in [-0.25, -0.2) is 4.39 Å². The highest BCUT2D eigenvalue weighted by atomic mass is 19.1. The van der Waals surface area contributed by atoms with Crippen LogP contribution in [-0.2, 0) is 11.2 Å². The summed E-state index contributed by atoms with van der Waals surface area (Å²) in [6, 6.07) is 7.04. The highest BCUT2D eigenvalue weighted by Gasteiger charge is 2.59. The Hall–Kier alpha value is -1.62. The van der Waals surface area contributed by atoms with E-state index in [4.69, 9.17) is 9.73 Å². The average molecular weight is 333 g/mol. The molecule has 3 unspecified atom stereocenters. The fourth-order valence-electron chi connectivity index (χ4n) is 4.03. The SMILES string of the molecule is CCNC(=NCCc1ccc(F)cc1)NC1C2CCOC2C1(C)C. The minimum absolute atomic E-state index is 0.133. The molecule has 1 aliphatic heterocycles. The summed E-state index contributed by atoms with van der Waals surface area (Å²) in [5, 5.41) is 6.94. The highest BCUT2D eigenvalue weighted by Crippen LogP contribution is 2.52. The Labute approximate surface area is 143 Å². The number of benzene rings is 1. The number of halogens is 1. The number of hydrogen-bond acceptors (Lipinski definition) is 2. The van der Waals surface area contributed by atoms with Gasteiger partial charge in [0.15, 0.2) is 5.96 Å². The third kappa shape index (κ3) is 3.41. The number of nitrogens with zero attached hydrogens (tertiary/aromatic N) is 1. The van der Waals surface area contributed by atoms with Crippen LogP contribution in [0.25, 0.3) is 0 Å². The van der Waals surface area contributed by atoms with Crippen molar-refractivity contribution in [3.8, 4) is 0 Å². The van der Waals surface area contributed by atoms with Gasteiger partial charge in [-0.1, -0.05) is 26.0 Å². The van der Waals surface area contributed by atoms with Crippen molar-refractivity contribution >= 4 is 5.96 Å². The Morgan fingerprint density at radius 3 is 2.79 bits per heavy atom. The zero-order valence-electron chi connectivity index (χ0n) is 14.8. The summed E-state index contributed by atoms with van der Waals surface area (Å²) in [6.45, 7) is 8.98. The lowest BCUT2D eigenvalue weighted by Gasteiger charge is -2.54. The van der Waals surface area contributed by atoms with Crippen molar-refractivity contribution in [1.29, 1.82) is 0 Å². The van der Waals surface area contributed by atoms with Gasteiger partial charge in [-0.15, -0.1) is 0 Å². The largest absolute Gasteiger partial charge is 0.377 e. The van der Waals surface area contributed by atoms with Gasteiger partial charge in [0, 0.05) is 37.1 Å². The molecule has 2 aliphatic rings. The summed E-state index contributed by atoms with van der Waals surface area (Å²) in [5.74, 6) is 1.25. The molecule has 2 fully saturated rings. The molecular weight excluding hydrogens is 305 g/mol. The molecule has 0 radical (unpaired) electrons. The minimum atomic E-state index is -0.196. The monoisotopic (exact) mass is 333 g/mol. The first-order chi connectivity index (χ1) is 11.5. The lowest BCUT2D eigenvalue weighted by molar-refractivity contribution is -0.106. The fraction of sp³-hybridized carbons (Fsp3) is 0.632. The standard InChI is InChI=1S/C19H28FN3O/c1-4-21-18(22-11-9-13-5-7-14(20)8-6-13)23-16-15-10-12-24-17(15)19(16,2)3/h5-8,15-17H,4,9-12H2,1-3H3,(H2,21,22,23). The van der Waals surface area contributed by atoms with E-state index in [0.717, 1.165) is 37.5 Å². The quantitative estimate of drug-likeness (QED) is 0.643. The molecule has 2 N–H and O–H groups in total. The first-order valence-electron chi connectivity index (χ1n) is 8.93. The van der Waals surface area contributed by atoms with E-state index in [1.807, 2.05) is 12.1 Å². The van der Waals surface area contributed by atoms with Gasteiger partial charge >= 0.3 is 0 Å². The highest BCUT2D eigenvalue weighted by molar-refractivity contribution is 5.80. The second-order valence-corrected chi connectivity index (χ2v) is 7.32. The van der Waals surface area contributed by atoms with Crippen LogP contribution in [-0.4, -0.2) is 37.8 Å². The first kappa shape index (κ1) is 17.2. The molecule has 1 aromatic carbocycles. The summed E-state index contributed by atoms with van der Waals surface area (Å²) in [4.78, 5) is 4.69. The van der Waals surface area contributed by atoms with Crippen molar-refractivity contribution in [2.45, 2.75) is 45.8 Å². The second-order valence-electron chi connectivity index (χ2n) is 7.32. The molecule has 1 saturated heterocycles. The average Bonchev–Trinajstić information content (AvgIpc) is 3.01. The van der Waals surface area contributed by atoms with Crippen molar-refractivity contribution < 1.29 is 9.13 Å². The van der Waals surface area contributed by atoms with Crippen LogP contribution in [0.3, 0.4) is 0 Å². The van der Waals surface area contributed by atoms with Gasteiger partial charge in [-0.05, 0) is 37.5 Å². The van der Waals surface area contributed by atoms with Gasteiger partial charge in [0.1, 0.15) is 5.82 Å². The molecule has 3 rings (SSSR count). The molecule has 4 nitrogen and oxygen atoms in total. The smallest absolute Gasteiger partial charge is 0.191 e. The molecule has 24 heavy (non-hydrogen) atoms. The van der Waals surface area contributed by atoms with E-state index in [1.165, 1.54) is 12.1 Å². The Kier molecular flexibility index (Phi) is 5.09. The topological polar surface area (TPSA) is 45.7 Å². The van der Waals surface area contributed by atoms with E-state index in [9.17, 15) is 4.39 Å². The predicted molar refractivity (Wildman–Crippen MR) is 94.6 cm³/mol. The van der Waals surface area contributed by atoms with Gasteiger partial charge in [-0.2, -0.15) is 0 Å². The van der Waals surface area contributed by atoms with E-state index in [-0.39, 0.29) is 11.2 Å². The third-order valence-electron chi connectivity index (χ3n) is 5.32. The van der Waals surface area contributed by atoms with Crippen molar-refractivity contribution in [1.82, 2.24) is 10.6 Å². The molecule has 0 spiro atoms. The zero-order chi connectivity index (χ0) is 17.2. The number of aliphatic imine (C=N–C) groups is 1. The first-order valence-corrected chi connectivity index (χ1v) is 8.93. The zero-order valence-corrected chi connectivity index (χ0v) is 14.8. The molecule has 3 atom stereocenters. The number of nitrogens with one attached hydrogen (secondary N) is 2. The van der Waals surface area contributed by atoms with Crippen LogP contribution < -0.4 is 10.6 Å². The number of hydrogen-bond donors (Lipinski definition) is 2. The molecule has 1 saturated carbocycles. The lowest BCUT2D eigenvalue weighted by atomic mass is 9.57. The maximum atomic E-state index is 12.9. The van der Waals surface area contributed by atoms with Crippen LogP contribution in [0.2, 0.25) is 0 Å². The van der Waals surface area contributed by atoms with E-state index >= 15 is 0 Å². The van der Waals surface area contributed by atoms with Gasteiger partial charge in [0.05, 0.1) is 6.10 Å². The van der Waals surface area contributed by atoms with Gasteiger partial charge in [-0.3, -0.25) is 4.99 Å². The van der Waals surface area contributed by atoms with E-state index in [0.29, 0.717) is 24.6 Å². The summed E-state index contributed by atoms with van der Waals surface area (Å²) in [7, 11) is 0. The Morgan fingerprint density at radius 2 is 2.08 bits per heavy atom. The summed E-state index contributed by atoms with van der Waals surface area (Å²) in [6.07, 6.45) is 2.30. The molecule has 1 aromatic rings. The number of ether oxygens (including phenoxy) is 1. The third-order valence-corrected chi connectivity index (χ3v) is 5.32. The molecule has 0 amide bonds. The van der Waals surface area contributed by atoms with E-state index in [1.54, 1.807) is 0 Å². The van der Waals surface area contributed by atoms with Crippen LogP contribution in [0.15, 0.2) is 29.3 Å². The second kappa shape index (κ2) is 7.09. The number of guanidine groups is 1. The van der Waals surface area contributed by atoms with Crippen LogP contribution >= 0.6 is 0 Å². The van der Waals surface area contributed by atoms with Gasteiger partial charge in [0.25, 0.3) is 0 Å². The molecule has 0 bridgehead atoms. The Morgan fingerprint density at radius 1 is 1.33 bits per heavy atom. The molecule has 0 aromatic heterocycles. The molecule has 1 aliphatic carbocycles. The molecule has 1 heterocycles. The predicted octanol–water partition coefficient (Wildman–Crippen LogP) is 2.74. The minimum Gasteiger partial charge on any atom is -0.377 e. The Bertz CT molecular complexity index is 585. The van der Waals surface area contributed by atoms with Crippen LogP contribution in [0.5, 0.6) is 0 Å². The summed E-state index contributed by atoms with van der Waals surface area (Å²) in [5.41, 5.74) is 1.23. The normalized spacial score (nSPS) is 28.2. The van der Waals surface area contributed by atoms with Crippen molar-refractivity contribution in [2.24, 2.45) is 16.3 Å². The maximum Gasteiger partial charge on any atom is 0.191 e. The van der Waals surface area contributed by atoms with Crippen molar-refractivity contribution in [3.63, 3.8) is 0 Å². The summed E-state index contributed by atoms with van der Waals surface area (Å²) >= 11 is 0. The van der Waals surface area contributed by atoms with Crippen molar-refractivity contribution in [2.75, 3.05) is 19.7 Å². The Balaban J connectivity index is 1.58. The summed E-state index contributed by atoms with van der Waals surface area (Å²) < 4.78 is 18.8. The molecule has 132 valence electrons. The van der Waals surface area contributed by atoms with Crippen LogP contribution in [0, 0.1) is 17.2 Å². The lowest BCUT2D eigenvalue weighted by Crippen LogP contribution is -2.68.